The van der Waals surface area contributed by atoms with Gasteiger partial charge in [-0.1, -0.05) is 0 Å². The molecule has 9 heteroatoms. The van der Waals surface area contributed by atoms with E-state index in [2.05, 4.69) is 20.2 Å². The van der Waals surface area contributed by atoms with Gasteiger partial charge in [0.15, 0.2) is 0 Å². The molecule has 0 unspecified atom stereocenters. The predicted molar refractivity (Wildman–Crippen MR) is 107 cm³/mol. The predicted octanol–water partition coefficient (Wildman–Crippen LogP) is 1.42. The van der Waals surface area contributed by atoms with Crippen LogP contribution in [0, 0.1) is 5.82 Å². The number of carbonyl (C=O) groups is 2. The third kappa shape index (κ3) is 4.45. The maximum atomic E-state index is 15.0. The number of amides is 2. The van der Waals surface area contributed by atoms with Crippen molar-refractivity contribution >= 4 is 23.4 Å². The highest BCUT2D eigenvalue weighted by Gasteiger charge is 2.33. The molecule has 1 aromatic rings. The molecule has 1 aromatic carbocycles. The summed E-state index contributed by atoms with van der Waals surface area (Å²) in [6, 6.07) is 4.91. The highest BCUT2D eigenvalue weighted by Crippen LogP contribution is 2.28. The third-order valence-electron chi connectivity index (χ3n) is 5.77. The number of carbonyl (C=O) groups excluding carboxylic acids is 2. The van der Waals surface area contributed by atoms with Crippen molar-refractivity contribution in [2.75, 3.05) is 62.2 Å². The molecule has 3 heterocycles. The molecule has 8 nitrogen and oxygen atoms in total. The molecule has 0 spiro atoms. The summed E-state index contributed by atoms with van der Waals surface area (Å²) in [4.78, 5) is 26.7. The van der Waals surface area contributed by atoms with Crippen LogP contribution in [0.3, 0.4) is 0 Å². The summed E-state index contributed by atoms with van der Waals surface area (Å²) in [5.41, 5.74) is 1.04. The topological polar surface area (TPSA) is 68.4 Å². The molecule has 3 fully saturated rings. The van der Waals surface area contributed by atoms with E-state index in [0.717, 1.165) is 39.3 Å². The summed E-state index contributed by atoms with van der Waals surface area (Å²) in [6.45, 7) is 7.43. The minimum Gasteiger partial charge on any atom is -0.442 e. The lowest BCUT2D eigenvalue weighted by atomic mass is 10.2. The van der Waals surface area contributed by atoms with Crippen molar-refractivity contribution in [2.45, 2.75) is 25.9 Å². The number of hydrogen-bond donors (Lipinski definition) is 1. The minimum absolute atomic E-state index is 0.181. The van der Waals surface area contributed by atoms with Gasteiger partial charge in [-0.05, 0) is 31.0 Å². The molecule has 0 aliphatic carbocycles. The molecule has 3 aliphatic rings. The summed E-state index contributed by atoms with van der Waals surface area (Å²) < 4.78 is 20.2. The average molecular weight is 405 g/mol. The van der Waals surface area contributed by atoms with Gasteiger partial charge in [-0.2, -0.15) is 0 Å². The van der Waals surface area contributed by atoms with Crippen molar-refractivity contribution in [3.05, 3.63) is 24.0 Å². The van der Waals surface area contributed by atoms with Crippen LogP contribution >= 0.6 is 0 Å². The van der Waals surface area contributed by atoms with Gasteiger partial charge in [-0.15, -0.1) is 0 Å². The quantitative estimate of drug-likeness (QED) is 0.817. The van der Waals surface area contributed by atoms with Crippen molar-refractivity contribution in [1.82, 2.24) is 15.3 Å². The number of hydrazine groups is 1. The number of halogens is 1. The summed E-state index contributed by atoms with van der Waals surface area (Å²) in [5.74, 6) is -0.518. The Morgan fingerprint density at radius 3 is 2.45 bits per heavy atom. The van der Waals surface area contributed by atoms with Gasteiger partial charge in [-0.25, -0.2) is 19.2 Å². The van der Waals surface area contributed by atoms with Crippen molar-refractivity contribution in [3.63, 3.8) is 0 Å². The second-order valence-electron chi connectivity index (χ2n) is 7.79. The molecule has 3 aliphatic heterocycles. The highest BCUT2D eigenvalue weighted by atomic mass is 19.1. The van der Waals surface area contributed by atoms with Crippen LogP contribution in [-0.4, -0.2) is 80.5 Å². The van der Waals surface area contributed by atoms with Gasteiger partial charge in [-0.3, -0.25) is 9.69 Å². The number of nitrogens with one attached hydrogen (secondary N) is 1. The molecule has 158 valence electrons. The van der Waals surface area contributed by atoms with Crippen molar-refractivity contribution in [3.8, 4) is 0 Å². The Balaban J connectivity index is 1.43. The van der Waals surface area contributed by atoms with E-state index in [-0.39, 0.29) is 24.8 Å². The van der Waals surface area contributed by atoms with Crippen LogP contribution < -0.4 is 15.1 Å². The van der Waals surface area contributed by atoms with Gasteiger partial charge >= 0.3 is 6.09 Å². The van der Waals surface area contributed by atoms with Crippen LogP contribution in [0.4, 0.5) is 20.6 Å². The number of anilines is 2. The van der Waals surface area contributed by atoms with Crippen LogP contribution in [0.2, 0.25) is 0 Å². The molecule has 2 amide bonds. The lowest BCUT2D eigenvalue weighted by Crippen LogP contribution is -2.47. The first-order chi connectivity index (χ1) is 14.0. The van der Waals surface area contributed by atoms with Gasteiger partial charge in [0.25, 0.3) is 0 Å². The number of rotatable bonds is 4. The van der Waals surface area contributed by atoms with E-state index in [1.54, 1.807) is 12.1 Å². The summed E-state index contributed by atoms with van der Waals surface area (Å²) in [5, 5.41) is 7.40. The molecule has 0 radical (unpaired) electrons. The molecule has 0 saturated carbocycles. The molecular weight excluding hydrogens is 377 g/mol. The fourth-order valence-electron chi connectivity index (χ4n) is 4.22. The molecule has 3 saturated heterocycles. The van der Waals surface area contributed by atoms with E-state index in [4.69, 9.17) is 4.74 Å². The number of fused-ring (bicyclic) bond motifs is 1. The SMILES string of the molecule is CC(=O)NC[C@H]1CN(c2ccc(N3CCN4CCCCN4CC3)c(F)c2)C(=O)O1. The number of ether oxygens (including phenoxy) is 1. The Bertz CT molecular complexity index is 760. The van der Waals surface area contributed by atoms with Gasteiger partial charge in [0.1, 0.15) is 11.9 Å². The van der Waals surface area contributed by atoms with E-state index in [1.807, 2.05) is 0 Å². The molecule has 1 atom stereocenters. The maximum absolute atomic E-state index is 15.0. The van der Waals surface area contributed by atoms with E-state index < -0.39 is 12.2 Å². The lowest BCUT2D eigenvalue weighted by molar-refractivity contribution is -0.119. The van der Waals surface area contributed by atoms with Crippen LogP contribution in [0.25, 0.3) is 0 Å². The molecule has 0 bridgehead atoms. The van der Waals surface area contributed by atoms with Gasteiger partial charge in [0.05, 0.1) is 24.5 Å². The van der Waals surface area contributed by atoms with Gasteiger partial charge in [0, 0.05) is 46.2 Å². The van der Waals surface area contributed by atoms with E-state index in [9.17, 15) is 14.0 Å². The average Bonchev–Trinajstić information content (AvgIpc) is 2.94. The van der Waals surface area contributed by atoms with Crippen molar-refractivity contribution in [2.24, 2.45) is 0 Å². The summed E-state index contributed by atoms with van der Waals surface area (Å²) >= 11 is 0. The fourth-order valence-corrected chi connectivity index (χ4v) is 4.22. The first-order valence-corrected chi connectivity index (χ1v) is 10.3. The van der Waals surface area contributed by atoms with Crippen LogP contribution in [0.1, 0.15) is 19.8 Å². The zero-order chi connectivity index (χ0) is 20.4. The third-order valence-corrected chi connectivity index (χ3v) is 5.77. The number of cyclic esters (lactones) is 1. The highest BCUT2D eigenvalue weighted by molar-refractivity contribution is 5.90. The van der Waals surface area contributed by atoms with Gasteiger partial charge < -0.3 is 15.0 Å². The van der Waals surface area contributed by atoms with Crippen LogP contribution in [-0.2, 0) is 9.53 Å². The molecular formula is C20H28FN5O3. The largest absolute Gasteiger partial charge is 0.442 e. The molecule has 1 N–H and O–H groups in total. The Kier molecular flexibility index (Phi) is 5.86. The Labute approximate surface area is 170 Å². The van der Waals surface area contributed by atoms with E-state index in [1.165, 1.54) is 30.7 Å². The molecule has 4 rings (SSSR count). The van der Waals surface area contributed by atoms with E-state index >= 15 is 0 Å². The molecule has 0 aromatic heterocycles. The maximum Gasteiger partial charge on any atom is 0.414 e. The second-order valence-corrected chi connectivity index (χ2v) is 7.79. The van der Waals surface area contributed by atoms with Crippen molar-refractivity contribution < 1.29 is 18.7 Å². The smallest absolute Gasteiger partial charge is 0.414 e. The Hall–Kier alpha value is -2.39. The lowest BCUT2D eigenvalue weighted by Gasteiger charge is -2.36. The monoisotopic (exact) mass is 405 g/mol. The van der Waals surface area contributed by atoms with E-state index in [0.29, 0.717) is 11.4 Å². The Morgan fingerprint density at radius 2 is 1.83 bits per heavy atom. The molecule has 29 heavy (non-hydrogen) atoms. The zero-order valence-electron chi connectivity index (χ0n) is 16.8. The van der Waals surface area contributed by atoms with Gasteiger partial charge in [0.2, 0.25) is 5.91 Å². The number of nitrogens with zero attached hydrogens (tertiary/aromatic N) is 4. The van der Waals surface area contributed by atoms with Crippen LogP contribution in [0.15, 0.2) is 18.2 Å². The summed E-state index contributed by atoms with van der Waals surface area (Å²) in [7, 11) is 0. The first-order valence-electron chi connectivity index (χ1n) is 10.3. The summed E-state index contributed by atoms with van der Waals surface area (Å²) in [6.07, 6.45) is 1.47. The number of hydrogen-bond acceptors (Lipinski definition) is 6. The standard InChI is InChI=1S/C20H28FN5O3/c1-15(27)22-13-17-14-26(20(28)29-17)16-4-5-19(18(21)12-16)23-8-10-24-6-2-3-7-25(24)11-9-23/h4-5,12,17H,2-3,6-11,13-14H2,1H3,(H,22,27)/t17-/m0/s1. The normalized spacial score (nSPS) is 23.5. The number of benzene rings is 1. The Morgan fingerprint density at radius 1 is 1.14 bits per heavy atom. The second kappa shape index (κ2) is 8.54. The minimum atomic E-state index is -0.521. The first kappa shape index (κ1) is 19.9. The fraction of sp³-hybridized carbons (Fsp3) is 0.600. The zero-order valence-corrected chi connectivity index (χ0v) is 16.8. The van der Waals surface area contributed by atoms with Crippen molar-refractivity contribution in [1.29, 1.82) is 0 Å². The van der Waals surface area contributed by atoms with Crippen LogP contribution in [0.5, 0.6) is 0 Å².